The van der Waals surface area contributed by atoms with E-state index in [1.165, 1.54) is 4.52 Å². The van der Waals surface area contributed by atoms with Gasteiger partial charge in [-0.3, -0.25) is 9.35 Å². The number of para-hydroxylation sites is 1. The lowest BCUT2D eigenvalue weighted by Crippen LogP contribution is -2.09. The van der Waals surface area contributed by atoms with Crippen LogP contribution in [-0.2, 0) is 19.9 Å². The number of aromatic nitrogens is 5. The molecule has 0 fully saturated rings. The summed E-state index contributed by atoms with van der Waals surface area (Å²) in [6.07, 6.45) is 1.10. The molecule has 192 valence electrons. The minimum atomic E-state index is -4.70. The number of nitrogens with one attached hydrogen (secondary N) is 1. The Morgan fingerprint density at radius 3 is 2.55 bits per heavy atom. The van der Waals surface area contributed by atoms with Crippen molar-refractivity contribution in [2.75, 3.05) is 0 Å². The number of fused-ring (bicyclic) bond motifs is 3. The Morgan fingerprint density at radius 2 is 1.87 bits per heavy atom. The van der Waals surface area contributed by atoms with E-state index in [1.54, 1.807) is 31.2 Å². The molecule has 5 aromatic rings. The molecule has 5 rings (SSSR count). The summed E-state index contributed by atoms with van der Waals surface area (Å²) in [5.74, 6) is 2.99. The van der Waals surface area contributed by atoms with E-state index < -0.39 is 24.8 Å². The maximum atomic E-state index is 12.6. The SMILES string of the molecule is [C-]#[N+]c1cnn(-c2cc(S(=O)(=O)O)ccc2S(=C)(=O)O)c1N=Nc1c(C)nn2c1[nH]c(=O)c1ccccc12. The Labute approximate surface area is 214 Å². The summed E-state index contributed by atoms with van der Waals surface area (Å²) in [6.45, 7) is 9.11. The largest absolute Gasteiger partial charge is 0.310 e. The minimum Gasteiger partial charge on any atom is -0.310 e. The summed E-state index contributed by atoms with van der Waals surface area (Å²) in [5, 5.41) is 17.2. The van der Waals surface area contributed by atoms with E-state index in [9.17, 15) is 26.5 Å². The molecule has 38 heavy (non-hydrogen) atoms. The summed E-state index contributed by atoms with van der Waals surface area (Å²) >= 11 is 0. The van der Waals surface area contributed by atoms with Gasteiger partial charge >= 0.3 is 0 Å². The van der Waals surface area contributed by atoms with Crippen molar-refractivity contribution in [2.24, 2.45) is 10.2 Å². The van der Waals surface area contributed by atoms with Crippen molar-refractivity contribution in [1.29, 1.82) is 0 Å². The molecule has 3 aromatic heterocycles. The van der Waals surface area contributed by atoms with Gasteiger partial charge in [0.25, 0.3) is 21.4 Å². The van der Waals surface area contributed by atoms with Crippen LogP contribution in [0.4, 0.5) is 17.2 Å². The van der Waals surface area contributed by atoms with Gasteiger partial charge in [-0.15, -0.1) is 10.2 Å². The second kappa shape index (κ2) is 8.71. The maximum absolute atomic E-state index is 12.6. The Morgan fingerprint density at radius 1 is 1.13 bits per heavy atom. The van der Waals surface area contributed by atoms with Crippen LogP contribution in [0.2, 0.25) is 0 Å². The van der Waals surface area contributed by atoms with Gasteiger partial charge < -0.3 is 9.54 Å². The van der Waals surface area contributed by atoms with E-state index in [2.05, 4.69) is 36.1 Å². The van der Waals surface area contributed by atoms with Crippen molar-refractivity contribution < 1.29 is 21.7 Å². The van der Waals surface area contributed by atoms with Gasteiger partial charge in [-0.2, -0.15) is 18.6 Å². The Hall–Kier alpha value is -4.69. The number of benzene rings is 2. The third kappa shape index (κ3) is 4.14. The fraction of sp³-hybridized carbons (Fsp3) is 0.0455. The van der Waals surface area contributed by atoms with Gasteiger partial charge in [0.15, 0.2) is 17.2 Å². The van der Waals surface area contributed by atoms with E-state index in [0.717, 1.165) is 29.1 Å². The van der Waals surface area contributed by atoms with Crippen LogP contribution in [0.5, 0.6) is 0 Å². The number of rotatable bonds is 5. The van der Waals surface area contributed by atoms with Crippen LogP contribution < -0.4 is 5.56 Å². The highest BCUT2D eigenvalue weighted by atomic mass is 32.2. The molecule has 0 amide bonds. The van der Waals surface area contributed by atoms with Gasteiger partial charge in [0.05, 0.1) is 44.8 Å². The van der Waals surface area contributed by atoms with Crippen molar-refractivity contribution in [2.45, 2.75) is 16.7 Å². The molecule has 0 bridgehead atoms. The van der Waals surface area contributed by atoms with Gasteiger partial charge in [0, 0.05) is 0 Å². The molecule has 0 spiro atoms. The zero-order valence-electron chi connectivity index (χ0n) is 19.3. The summed E-state index contributed by atoms with van der Waals surface area (Å²) in [4.78, 5) is 17.8. The number of nitrogens with zero attached hydrogens (tertiary/aromatic N) is 7. The first-order valence-electron chi connectivity index (χ1n) is 10.5. The van der Waals surface area contributed by atoms with E-state index in [-0.39, 0.29) is 39.0 Å². The van der Waals surface area contributed by atoms with Crippen LogP contribution in [0.3, 0.4) is 0 Å². The van der Waals surface area contributed by atoms with Crippen LogP contribution in [0.15, 0.2) is 73.5 Å². The second-order valence-electron chi connectivity index (χ2n) is 7.99. The number of aryl methyl sites for hydroxylation is 1. The molecule has 0 radical (unpaired) electrons. The lowest BCUT2D eigenvalue weighted by molar-refractivity contribution is 0.482. The third-order valence-corrected chi connectivity index (χ3v) is 7.41. The van der Waals surface area contributed by atoms with Crippen LogP contribution in [0, 0.1) is 13.5 Å². The normalized spacial score (nSPS) is 13.7. The summed E-state index contributed by atoms with van der Waals surface area (Å²) in [7, 11) is -8.62. The van der Waals surface area contributed by atoms with Crippen LogP contribution in [0.1, 0.15) is 5.69 Å². The monoisotopic (exact) mass is 552 g/mol. The van der Waals surface area contributed by atoms with Gasteiger partial charge in [0.2, 0.25) is 0 Å². The summed E-state index contributed by atoms with van der Waals surface area (Å²) in [5.41, 5.74) is 0.545. The molecule has 3 heterocycles. The lowest BCUT2D eigenvalue weighted by atomic mass is 10.2. The van der Waals surface area contributed by atoms with E-state index in [4.69, 9.17) is 6.57 Å². The highest BCUT2D eigenvalue weighted by molar-refractivity contribution is 7.95. The quantitative estimate of drug-likeness (QED) is 0.128. The van der Waals surface area contributed by atoms with Crippen LogP contribution >= 0.6 is 0 Å². The zero-order chi connectivity index (χ0) is 27.4. The molecule has 2 aromatic carbocycles. The number of aromatic amines is 1. The average molecular weight is 553 g/mol. The summed E-state index contributed by atoms with van der Waals surface area (Å²) < 4.78 is 58.0. The lowest BCUT2D eigenvalue weighted by Gasteiger charge is -2.12. The first kappa shape index (κ1) is 25.0. The van der Waals surface area contributed by atoms with E-state index in [1.807, 2.05) is 0 Å². The molecule has 0 aliphatic rings. The van der Waals surface area contributed by atoms with Crippen LogP contribution in [-0.4, -0.2) is 52.0 Å². The number of H-pyrrole nitrogens is 1. The highest BCUT2D eigenvalue weighted by Gasteiger charge is 2.22. The minimum absolute atomic E-state index is 0.126. The maximum Gasteiger partial charge on any atom is 0.294 e. The Bertz CT molecular complexity index is 2130. The Kier molecular flexibility index (Phi) is 5.72. The topological polar surface area (TPSA) is 189 Å². The van der Waals surface area contributed by atoms with E-state index >= 15 is 0 Å². The van der Waals surface area contributed by atoms with Crippen molar-refractivity contribution in [3.8, 4) is 5.69 Å². The second-order valence-corrected chi connectivity index (χ2v) is 11.1. The van der Waals surface area contributed by atoms with E-state index in [0.29, 0.717) is 16.6 Å². The predicted molar refractivity (Wildman–Crippen MR) is 138 cm³/mol. The fourth-order valence-corrected chi connectivity index (χ4v) is 5.08. The first-order valence-corrected chi connectivity index (χ1v) is 13.6. The molecule has 16 heteroatoms. The zero-order valence-corrected chi connectivity index (χ0v) is 20.9. The van der Waals surface area contributed by atoms with Crippen molar-refractivity contribution in [3.05, 3.63) is 76.1 Å². The smallest absolute Gasteiger partial charge is 0.294 e. The third-order valence-electron chi connectivity index (χ3n) is 5.53. The molecule has 1 atom stereocenters. The predicted octanol–water partition coefficient (Wildman–Crippen LogP) is 3.43. The van der Waals surface area contributed by atoms with Crippen molar-refractivity contribution in [1.82, 2.24) is 24.4 Å². The van der Waals surface area contributed by atoms with Gasteiger partial charge in [-0.25, -0.2) is 18.3 Å². The summed E-state index contributed by atoms with van der Waals surface area (Å²) in [6, 6.07) is 9.65. The fourth-order valence-electron chi connectivity index (χ4n) is 3.82. The molecule has 0 saturated heterocycles. The first-order chi connectivity index (χ1) is 17.9. The molecule has 0 aliphatic heterocycles. The molecule has 1 unspecified atom stereocenters. The van der Waals surface area contributed by atoms with Gasteiger partial charge in [0.1, 0.15) is 9.80 Å². The van der Waals surface area contributed by atoms with Crippen LogP contribution in [0.25, 0.3) is 27.1 Å². The Balaban J connectivity index is 1.74. The highest BCUT2D eigenvalue weighted by Crippen LogP contribution is 2.36. The molecule has 0 aliphatic carbocycles. The van der Waals surface area contributed by atoms with Gasteiger partial charge in [-0.1, -0.05) is 12.1 Å². The molecular formula is C22H16N8O6S2. The average Bonchev–Trinajstić information content (AvgIpc) is 3.41. The van der Waals surface area contributed by atoms with Crippen molar-refractivity contribution in [3.63, 3.8) is 0 Å². The number of hydrogen-bond acceptors (Lipinski definition) is 8. The van der Waals surface area contributed by atoms with Gasteiger partial charge in [-0.05, 0) is 43.1 Å². The number of azo groups is 1. The molecule has 3 N–H and O–H groups in total. The number of hydrogen-bond donors (Lipinski definition) is 3. The molecule has 0 saturated carbocycles. The molecule has 14 nitrogen and oxygen atoms in total. The standard InChI is InChI=1S/C22H16N8O6S2/c1-12-19(21-25-22(31)14-6-4-5-7-16(14)30(21)28-12)26-27-20-15(23-2)11-24-29(20)17-10-13(38(34,35)36)8-9-18(17)37(3,32)33/h4-11H,3H2,1H3,(H,25,31)(H,32,33)(H,34,35,36). The van der Waals surface area contributed by atoms with Crippen molar-refractivity contribution >= 4 is 59.5 Å². The molecular weight excluding hydrogens is 536 g/mol.